The Bertz CT molecular complexity index is 553. The minimum Gasteiger partial charge on any atom is -0.366 e. The van der Waals surface area contributed by atoms with Crippen LogP contribution in [0.4, 0.5) is 5.95 Å². The van der Waals surface area contributed by atoms with Gasteiger partial charge in [0.05, 0.1) is 5.69 Å². The third kappa shape index (κ3) is 1.40. The zero-order valence-electron chi connectivity index (χ0n) is 8.88. The molecule has 0 bridgehead atoms. The van der Waals surface area contributed by atoms with Gasteiger partial charge in [0.2, 0.25) is 5.95 Å². The number of nitrogens with two attached hydrogens (primary N) is 2. The van der Waals surface area contributed by atoms with Crippen LogP contribution in [-0.4, -0.2) is 30.5 Å². The van der Waals surface area contributed by atoms with Crippen molar-refractivity contribution in [3.05, 3.63) is 17.6 Å². The molecule has 1 amide bonds. The second-order valence-electron chi connectivity index (χ2n) is 3.32. The first-order valence-electron chi connectivity index (χ1n) is 4.51. The molecule has 0 atom stereocenters. The predicted octanol–water partition coefficient (Wildman–Crippen LogP) is -1.01. The summed E-state index contributed by atoms with van der Waals surface area (Å²) in [5, 5.41) is 8.02. The van der Waals surface area contributed by atoms with Gasteiger partial charge in [0.25, 0.3) is 5.91 Å². The van der Waals surface area contributed by atoms with Gasteiger partial charge in [-0.2, -0.15) is 5.10 Å². The Morgan fingerprint density at radius 2 is 2.12 bits per heavy atom. The van der Waals surface area contributed by atoms with Gasteiger partial charge in [0, 0.05) is 7.05 Å². The van der Waals surface area contributed by atoms with Gasteiger partial charge in [-0.15, -0.1) is 5.10 Å². The van der Waals surface area contributed by atoms with Crippen molar-refractivity contribution in [1.29, 1.82) is 0 Å². The van der Waals surface area contributed by atoms with Crippen LogP contribution in [0, 0.1) is 6.92 Å². The van der Waals surface area contributed by atoms with E-state index in [1.165, 1.54) is 15.7 Å². The molecule has 2 aromatic heterocycles. The fourth-order valence-corrected chi connectivity index (χ4v) is 1.58. The summed E-state index contributed by atoms with van der Waals surface area (Å²) in [5.74, 6) is 0.0122. The zero-order valence-corrected chi connectivity index (χ0v) is 8.88. The molecule has 2 rings (SSSR count). The quantitative estimate of drug-likeness (QED) is 0.673. The van der Waals surface area contributed by atoms with Gasteiger partial charge in [-0.05, 0) is 6.92 Å². The van der Waals surface area contributed by atoms with Gasteiger partial charge in [-0.3, -0.25) is 4.79 Å². The number of aromatic nitrogens is 5. The number of hydrogen-bond donors (Lipinski definition) is 2. The van der Waals surface area contributed by atoms with Gasteiger partial charge >= 0.3 is 0 Å². The third-order valence-electron chi connectivity index (χ3n) is 2.16. The Labute approximate surface area is 90.9 Å². The van der Waals surface area contributed by atoms with Crippen LogP contribution in [0.3, 0.4) is 0 Å². The number of aryl methyl sites for hydroxylation is 2. The van der Waals surface area contributed by atoms with Crippen molar-refractivity contribution in [2.75, 3.05) is 5.73 Å². The Balaban J connectivity index is 2.68. The van der Waals surface area contributed by atoms with Crippen LogP contribution in [0.25, 0.3) is 5.82 Å². The van der Waals surface area contributed by atoms with Gasteiger partial charge < -0.3 is 11.5 Å². The first-order valence-corrected chi connectivity index (χ1v) is 4.51. The average molecular weight is 221 g/mol. The predicted molar refractivity (Wildman–Crippen MR) is 55.8 cm³/mol. The summed E-state index contributed by atoms with van der Waals surface area (Å²) < 4.78 is 2.87. The van der Waals surface area contributed by atoms with Gasteiger partial charge in [-0.25, -0.2) is 14.3 Å². The van der Waals surface area contributed by atoms with Crippen LogP contribution < -0.4 is 11.5 Å². The average Bonchev–Trinajstić information content (AvgIpc) is 2.69. The first kappa shape index (κ1) is 10.1. The van der Waals surface area contributed by atoms with E-state index in [9.17, 15) is 4.79 Å². The number of amides is 1. The number of rotatable bonds is 2. The lowest BCUT2D eigenvalue weighted by Gasteiger charge is -2.02. The molecular weight excluding hydrogens is 210 g/mol. The monoisotopic (exact) mass is 221 g/mol. The molecule has 84 valence electrons. The van der Waals surface area contributed by atoms with E-state index in [4.69, 9.17) is 11.5 Å². The van der Waals surface area contributed by atoms with E-state index in [1.54, 1.807) is 14.0 Å². The fraction of sp³-hybridized carbons (Fsp3) is 0.250. The number of nitrogen functional groups attached to an aromatic ring is 1. The lowest BCUT2D eigenvalue weighted by molar-refractivity contribution is 0.0999. The smallest absolute Gasteiger partial charge is 0.254 e. The second-order valence-corrected chi connectivity index (χ2v) is 3.32. The fourth-order valence-electron chi connectivity index (χ4n) is 1.58. The van der Waals surface area contributed by atoms with Crippen LogP contribution in [0.1, 0.15) is 16.1 Å². The number of nitrogens with zero attached hydrogens (tertiary/aromatic N) is 5. The maximum absolute atomic E-state index is 11.3. The highest BCUT2D eigenvalue weighted by molar-refractivity contribution is 5.97. The van der Waals surface area contributed by atoms with Crippen LogP contribution in [0.15, 0.2) is 6.33 Å². The standard InChI is InChI=1S/C8H11N7O/c1-4-5(6(9)16)7(14(2)12-4)15-3-11-8(10)13-15/h3H,1-2H3,(H2,9,16)(H2,10,13). The largest absolute Gasteiger partial charge is 0.366 e. The van der Waals surface area contributed by atoms with Crippen molar-refractivity contribution in [3.8, 4) is 5.82 Å². The molecule has 2 heterocycles. The van der Waals surface area contributed by atoms with Crippen molar-refractivity contribution in [1.82, 2.24) is 24.5 Å². The van der Waals surface area contributed by atoms with Crippen molar-refractivity contribution in [2.24, 2.45) is 12.8 Å². The molecular formula is C8H11N7O. The molecule has 2 aromatic rings. The summed E-state index contributed by atoms with van der Waals surface area (Å²) >= 11 is 0. The molecule has 0 radical (unpaired) electrons. The number of hydrogen-bond acceptors (Lipinski definition) is 5. The normalized spacial score (nSPS) is 10.6. The molecule has 16 heavy (non-hydrogen) atoms. The summed E-state index contributed by atoms with van der Waals surface area (Å²) in [4.78, 5) is 15.1. The molecule has 8 heteroatoms. The number of carbonyl (C=O) groups excluding carboxylic acids is 1. The van der Waals surface area contributed by atoms with E-state index in [1.807, 2.05) is 0 Å². The van der Waals surface area contributed by atoms with Crippen LogP contribution in [0.5, 0.6) is 0 Å². The second kappa shape index (κ2) is 3.33. The summed E-state index contributed by atoms with van der Waals surface area (Å²) in [6.07, 6.45) is 1.40. The molecule has 0 saturated carbocycles. The van der Waals surface area contributed by atoms with Crippen LogP contribution in [-0.2, 0) is 7.05 Å². The molecule has 0 unspecified atom stereocenters. The lowest BCUT2D eigenvalue weighted by Crippen LogP contribution is -2.16. The molecule has 8 nitrogen and oxygen atoms in total. The van der Waals surface area contributed by atoms with E-state index >= 15 is 0 Å². The molecule has 0 aromatic carbocycles. The van der Waals surface area contributed by atoms with Gasteiger partial charge in [-0.1, -0.05) is 0 Å². The molecule has 4 N–H and O–H groups in total. The van der Waals surface area contributed by atoms with E-state index in [-0.39, 0.29) is 5.95 Å². The minimum atomic E-state index is -0.560. The van der Waals surface area contributed by atoms with E-state index in [0.717, 1.165) is 0 Å². The minimum absolute atomic E-state index is 0.120. The Hall–Kier alpha value is -2.38. The summed E-state index contributed by atoms with van der Waals surface area (Å²) in [7, 11) is 1.69. The summed E-state index contributed by atoms with van der Waals surface area (Å²) in [6, 6.07) is 0. The lowest BCUT2D eigenvalue weighted by atomic mass is 10.2. The molecule has 0 aliphatic heterocycles. The highest BCUT2D eigenvalue weighted by Crippen LogP contribution is 2.16. The molecule has 0 aliphatic rings. The third-order valence-corrected chi connectivity index (χ3v) is 2.16. The highest BCUT2D eigenvalue weighted by Gasteiger charge is 2.20. The van der Waals surface area contributed by atoms with Gasteiger partial charge in [0.1, 0.15) is 11.9 Å². The van der Waals surface area contributed by atoms with Crippen LogP contribution in [0.2, 0.25) is 0 Å². The summed E-state index contributed by atoms with van der Waals surface area (Å²) in [6.45, 7) is 1.70. The number of anilines is 1. The number of carbonyl (C=O) groups is 1. The maximum Gasteiger partial charge on any atom is 0.254 e. The van der Waals surface area contributed by atoms with Crippen molar-refractivity contribution < 1.29 is 4.79 Å². The molecule has 0 spiro atoms. The Morgan fingerprint density at radius 1 is 1.44 bits per heavy atom. The zero-order chi connectivity index (χ0) is 11.9. The Morgan fingerprint density at radius 3 is 2.62 bits per heavy atom. The first-order chi connectivity index (χ1) is 7.50. The van der Waals surface area contributed by atoms with Gasteiger partial charge in [0.15, 0.2) is 5.82 Å². The van der Waals surface area contributed by atoms with Crippen molar-refractivity contribution >= 4 is 11.9 Å². The molecule has 0 aliphatic carbocycles. The Kier molecular flexibility index (Phi) is 2.11. The number of primary amides is 1. The van der Waals surface area contributed by atoms with Crippen molar-refractivity contribution in [3.63, 3.8) is 0 Å². The van der Waals surface area contributed by atoms with E-state index in [2.05, 4.69) is 15.2 Å². The SMILES string of the molecule is Cc1nn(C)c(-n2cnc(N)n2)c1C(N)=O. The summed E-state index contributed by atoms with van der Waals surface area (Å²) in [5.41, 5.74) is 11.6. The molecule has 0 saturated heterocycles. The highest BCUT2D eigenvalue weighted by atomic mass is 16.1. The molecule has 0 fully saturated rings. The van der Waals surface area contributed by atoms with Crippen LogP contribution >= 0.6 is 0 Å². The van der Waals surface area contributed by atoms with E-state index < -0.39 is 5.91 Å². The van der Waals surface area contributed by atoms with Crippen molar-refractivity contribution in [2.45, 2.75) is 6.92 Å². The topological polar surface area (TPSA) is 118 Å². The van der Waals surface area contributed by atoms with E-state index in [0.29, 0.717) is 17.1 Å². The maximum atomic E-state index is 11.3.